The van der Waals surface area contributed by atoms with Crippen molar-refractivity contribution in [2.24, 2.45) is 5.92 Å². The van der Waals surface area contributed by atoms with E-state index in [4.69, 9.17) is 0 Å². The Bertz CT molecular complexity index is 1100. The zero-order valence-corrected chi connectivity index (χ0v) is 17.2. The van der Waals surface area contributed by atoms with Gasteiger partial charge in [-0.05, 0) is 67.0 Å². The summed E-state index contributed by atoms with van der Waals surface area (Å²) in [4.78, 5) is 9.37. The second-order valence-electron chi connectivity index (χ2n) is 7.84. The van der Waals surface area contributed by atoms with Gasteiger partial charge in [0.1, 0.15) is 11.3 Å². The molecule has 1 aromatic carbocycles. The summed E-state index contributed by atoms with van der Waals surface area (Å²) in [5, 5.41) is 0. The van der Waals surface area contributed by atoms with Gasteiger partial charge < -0.3 is 4.57 Å². The maximum Gasteiger partial charge on any atom is 0.240 e. The normalized spacial score (nSPS) is 14.5. The number of nitrogens with one attached hydrogen (secondary N) is 1. The molecule has 148 valence electrons. The van der Waals surface area contributed by atoms with E-state index in [9.17, 15) is 8.42 Å². The summed E-state index contributed by atoms with van der Waals surface area (Å²) < 4.78 is 30.5. The highest BCUT2D eigenvalue weighted by molar-refractivity contribution is 7.89. The van der Waals surface area contributed by atoms with E-state index < -0.39 is 10.0 Å². The summed E-state index contributed by atoms with van der Waals surface area (Å²) in [5.41, 5.74) is 4.01. The highest BCUT2D eigenvalue weighted by Gasteiger charge is 2.20. The van der Waals surface area contributed by atoms with Crippen LogP contribution in [-0.2, 0) is 36.0 Å². The smallest absolute Gasteiger partial charge is 0.240 e. The number of aryl methyl sites for hydroxylation is 2. The third-order valence-corrected chi connectivity index (χ3v) is 6.58. The van der Waals surface area contributed by atoms with Gasteiger partial charge >= 0.3 is 0 Å². The molecule has 2 heterocycles. The molecule has 0 unspecified atom stereocenters. The molecule has 0 radical (unpaired) electrons. The maximum atomic E-state index is 12.9. The Kier molecular flexibility index (Phi) is 5.21. The molecule has 0 fully saturated rings. The van der Waals surface area contributed by atoms with E-state index in [2.05, 4.69) is 28.5 Å². The van der Waals surface area contributed by atoms with E-state index in [1.54, 1.807) is 12.3 Å². The first-order valence-corrected chi connectivity index (χ1v) is 11.3. The van der Waals surface area contributed by atoms with Crippen molar-refractivity contribution in [2.45, 2.75) is 57.5 Å². The van der Waals surface area contributed by atoms with Crippen molar-refractivity contribution in [2.75, 3.05) is 0 Å². The molecule has 0 atom stereocenters. The number of nitrogens with zero attached hydrogens (tertiary/aromatic N) is 3. The van der Waals surface area contributed by atoms with E-state index in [1.165, 1.54) is 12.0 Å². The molecule has 0 saturated heterocycles. The van der Waals surface area contributed by atoms with Crippen molar-refractivity contribution >= 4 is 21.2 Å². The van der Waals surface area contributed by atoms with Crippen molar-refractivity contribution in [1.82, 2.24) is 19.3 Å². The van der Waals surface area contributed by atoms with Crippen LogP contribution in [0.3, 0.4) is 0 Å². The van der Waals surface area contributed by atoms with Crippen molar-refractivity contribution < 1.29 is 8.42 Å². The van der Waals surface area contributed by atoms with Crippen LogP contribution < -0.4 is 4.72 Å². The van der Waals surface area contributed by atoms with E-state index in [0.29, 0.717) is 16.6 Å². The van der Waals surface area contributed by atoms with Crippen LogP contribution in [0.2, 0.25) is 0 Å². The monoisotopic (exact) mass is 398 g/mol. The Morgan fingerprint density at radius 2 is 1.93 bits per heavy atom. The van der Waals surface area contributed by atoms with Crippen LogP contribution in [0.15, 0.2) is 41.4 Å². The lowest BCUT2D eigenvalue weighted by atomic mass is 9.92. The Balaban J connectivity index is 1.60. The first kappa shape index (κ1) is 19.1. The third-order valence-electron chi connectivity index (χ3n) is 5.18. The Hall–Kier alpha value is -2.25. The van der Waals surface area contributed by atoms with Crippen molar-refractivity contribution in [3.8, 4) is 0 Å². The van der Waals surface area contributed by atoms with Gasteiger partial charge in [-0.2, -0.15) is 0 Å². The molecular weight excluding hydrogens is 372 g/mol. The molecule has 1 aliphatic carbocycles. The third kappa shape index (κ3) is 3.82. The van der Waals surface area contributed by atoms with Crippen LogP contribution in [0, 0.1) is 5.92 Å². The summed E-state index contributed by atoms with van der Waals surface area (Å²) in [6.07, 6.45) is 6.03. The predicted molar refractivity (Wildman–Crippen MR) is 109 cm³/mol. The van der Waals surface area contributed by atoms with Crippen LogP contribution >= 0.6 is 0 Å². The van der Waals surface area contributed by atoms with Crippen molar-refractivity contribution in [1.29, 1.82) is 0 Å². The van der Waals surface area contributed by atoms with Gasteiger partial charge in [0.05, 0.1) is 11.4 Å². The summed E-state index contributed by atoms with van der Waals surface area (Å²) in [7, 11) is -3.60. The lowest BCUT2D eigenvalue weighted by molar-refractivity contribution is 0.510. The van der Waals surface area contributed by atoms with Gasteiger partial charge in [0.2, 0.25) is 10.0 Å². The number of hydrogen-bond donors (Lipinski definition) is 1. The predicted octanol–water partition coefficient (Wildman–Crippen LogP) is 3.44. The number of hydrogen-bond acceptors (Lipinski definition) is 4. The Morgan fingerprint density at radius 1 is 1.14 bits per heavy atom. The van der Waals surface area contributed by atoms with Gasteiger partial charge in [0.25, 0.3) is 0 Å². The van der Waals surface area contributed by atoms with Crippen molar-refractivity contribution in [3.63, 3.8) is 0 Å². The topological polar surface area (TPSA) is 76.9 Å². The fourth-order valence-electron chi connectivity index (χ4n) is 3.82. The fraction of sp³-hybridized carbons (Fsp3) is 0.429. The molecule has 0 amide bonds. The zero-order chi connectivity index (χ0) is 19.7. The van der Waals surface area contributed by atoms with Gasteiger partial charge in [-0.1, -0.05) is 19.9 Å². The van der Waals surface area contributed by atoms with Crippen LogP contribution in [-0.4, -0.2) is 23.0 Å². The number of benzene rings is 1. The van der Waals surface area contributed by atoms with Gasteiger partial charge in [-0.25, -0.2) is 23.1 Å². The standard InChI is InChI=1S/C21H26N4O2S/c1-15(2)14-25-20(24-19-8-5-11-22-21(19)25)13-23-28(26,27)18-10-9-16-6-3-4-7-17(16)12-18/h5,8-12,15,23H,3-4,6-7,13-14H2,1-2H3. The zero-order valence-electron chi connectivity index (χ0n) is 16.4. The first-order valence-electron chi connectivity index (χ1n) is 9.85. The van der Waals surface area contributed by atoms with E-state index >= 15 is 0 Å². The van der Waals surface area contributed by atoms with Crippen molar-refractivity contribution in [3.05, 3.63) is 53.5 Å². The number of fused-ring (bicyclic) bond motifs is 2. The average Bonchev–Trinajstić information content (AvgIpc) is 3.03. The van der Waals surface area contributed by atoms with E-state index in [-0.39, 0.29) is 6.54 Å². The number of rotatable bonds is 6. The Labute approximate surface area is 166 Å². The number of aromatic nitrogens is 3. The van der Waals surface area contributed by atoms with Crippen LogP contribution in [0.5, 0.6) is 0 Å². The molecule has 3 aromatic rings. The molecule has 6 nitrogen and oxygen atoms in total. The minimum absolute atomic E-state index is 0.141. The van der Waals surface area contributed by atoms with Crippen LogP contribution in [0.4, 0.5) is 0 Å². The second-order valence-corrected chi connectivity index (χ2v) is 9.61. The molecule has 0 spiro atoms. The van der Waals surface area contributed by atoms with Gasteiger partial charge in [-0.15, -0.1) is 0 Å². The van der Waals surface area contributed by atoms with E-state index in [0.717, 1.165) is 42.5 Å². The quantitative estimate of drug-likeness (QED) is 0.690. The van der Waals surface area contributed by atoms with Crippen LogP contribution in [0.1, 0.15) is 43.6 Å². The Morgan fingerprint density at radius 3 is 2.71 bits per heavy atom. The summed E-state index contributed by atoms with van der Waals surface area (Å²) in [6.45, 7) is 5.12. The summed E-state index contributed by atoms with van der Waals surface area (Å²) in [5.74, 6) is 1.08. The molecule has 28 heavy (non-hydrogen) atoms. The molecule has 1 N–H and O–H groups in total. The molecular formula is C21H26N4O2S. The lowest BCUT2D eigenvalue weighted by Crippen LogP contribution is -2.26. The van der Waals surface area contributed by atoms with E-state index in [1.807, 2.05) is 28.8 Å². The first-order chi connectivity index (χ1) is 13.4. The highest BCUT2D eigenvalue weighted by atomic mass is 32.2. The minimum Gasteiger partial charge on any atom is -0.311 e. The fourth-order valence-corrected chi connectivity index (χ4v) is 4.85. The molecule has 4 rings (SSSR count). The maximum absolute atomic E-state index is 12.9. The van der Waals surface area contributed by atoms with Crippen LogP contribution in [0.25, 0.3) is 11.2 Å². The minimum atomic E-state index is -3.60. The van der Waals surface area contributed by atoms with Gasteiger partial charge in [0, 0.05) is 12.7 Å². The molecule has 7 heteroatoms. The summed E-state index contributed by atoms with van der Waals surface area (Å²) in [6, 6.07) is 9.25. The highest BCUT2D eigenvalue weighted by Crippen LogP contribution is 2.24. The van der Waals surface area contributed by atoms with Gasteiger partial charge in [-0.3, -0.25) is 0 Å². The molecule has 0 bridgehead atoms. The summed E-state index contributed by atoms with van der Waals surface area (Å²) >= 11 is 0. The number of pyridine rings is 1. The number of sulfonamides is 1. The number of imidazole rings is 1. The molecule has 2 aromatic heterocycles. The average molecular weight is 399 g/mol. The van der Waals surface area contributed by atoms with Gasteiger partial charge in [0.15, 0.2) is 5.65 Å². The molecule has 0 saturated carbocycles. The lowest BCUT2D eigenvalue weighted by Gasteiger charge is -2.17. The molecule has 0 aliphatic heterocycles. The molecule has 1 aliphatic rings. The largest absolute Gasteiger partial charge is 0.311 e. The second kappa shape index (κ2) is 7.64. The SMILES string of the molecule is CC(C)Cn1c(CNS(=O)(=O)c2ccc3c(c2)CCCC3)nc2cccnc21.